The highest BCUT2D eigenvalue weighted by molar-refractivity contribution is 7.93. The van der Waals surface area contributed by atoms with Crippen molar-refractivity contribution in [3.63, 3.8) is 0 Å². The Balaban J connectivity index is 3.11. The van der Waals surface area contributed by atoms with Crippen molar-refractivity contribution in [1.82, 2.24) is 0 Å². The molecule has 0 aliphatic rings. The maximum atomic E-state index is 12.8. The molecule has 1 aromatic rings. The number of hydrogen-bond acceptors (Lipinski definition) is 5. The van der Waals surface area contributed by atoms with Crippen molar-refractivity contribution in [3.8, 4) is 0 Å². The van der Waals surface area contributed by atoms with Gasteiger partial charge >= 0.3 is 6.09 Å². The van der Waals surface area contributed by atoms with Crippen LogP contribution in [-0.4, -0.2) is 28.0 Å². The minimum atomic E-state index is -3.34. The number of aliphatic imine (C=N–C) groups is 1. The Morgan fingerprint density at radius 2 is 2.00 bits per heavy atom. The Labute approximate surface area is 165 Å². The lowest BCUT2D eigenvalue weighted by Crippen LogP contribution is -2.24. The zero-order valence-electron chi connectivity index (χ0n) is 16.7. The fourth-order valence-electron chi connectivity index (χ4n) is 2.26. The molecule has 2 amide bonds. The van der Waals surface area contributed by atoms with E-state index >= 15 is 0 Å². The van der Waals surface area contributed by atoms with Gasteiger partial charge in [0.2, 0.25) is 0 Å². The minimum absolute atomic E-state index is 0.140. The van der Waals surface area contributed by atoms with Gasteiger partial charge in [0, 0.05) is 6.21 Å². The van der Waals surface area contributed by atoms with E-state index in [0.717, 1.165) is 5.56 Å². The second-order valence-electron chi connectivity index (χ2n) is 7.58. The molecule has 9 heteroatoms. The van der Waals surface area contributed by atoms with Crippen molar-refractivity contribution >= 4 is 39.5 Å². The van der Waals surface area contributed by atoms with Gasteiger partial charge in [-0.15, -0.1) is 15.7 Å². The standard InChI is InChI=1S/C18H29N3O4S2/c1-7-13-8-9-26-16(13)27(19,24)21-15(22)14(10-12(2)3)11-20-17(23)25-18(4,5)6/h8-9,11-12,14H,7,10H2,1-6H3,(H2,19,21,22,24)/b20-11+. The van der Waals surface area contributed by atoms with Gasteiger partial charge in [-0.05, 0) is 56.5 Å². The highest BCUT2D eigenvalue weighted by Crippen LogP contribution is 2.24. The number of aryl methyl sites for hydroxylation is 1. The summed E-state index contributed by atoms with van der Waals surface area (Å²) in [5.41, 5.74) is 0.129. The Hall–Kier alpha value is -1.58. The fraction of sp³-hybridized carbons (Fsp3) is 0.611. The first-order valence-corrected chi connectivity index (χ1v) is 11.2. The van der Waals surface area contributed by atoms with Crippen LogP contribution in [0.3, 0.4) is 0 Å². The SMILES string of the molecule is CCc1ccsc1S(N)(=O)=NC(=O)C(/C=N/C(=O)OC(C)(C)C)CC(C)C. The van der Waals surface area contributed by atoms with Crippen LogP contribution in [0.4, 0.5) is 4.79 Å². The maximum absolute atomic E-state index is 12.8. The van der Waals surface area contributed by atoms with Gasteiger partial charge in [-0.1, -0.05) is 20.8 Å². The molecule has 0 aromatic carbocycles. The van der Waals surface area contributed by atoms with Gasteiger partial charge in [-0.3, -0.25) is 4.79 Å². The molecule has 1 heterocycles. The zero-order valence-corrected chi connectivity index (χ0v) is 18.4. The van der Waals surface area contributed by atoms with Gasteiger partial charge < -0.3 is 4.74 Å². The van der Waals surface area contributed by atoms with Crippen LogP contribution < -0.4 is 5.14 Å². The average molecular weight is 416 g/mol. The summed E-state index contributed by atoms with van der Waals surface area (Å²) in [6.07, 6.45) is 1.47. The van der Waals surface area contributed by atoms with Crippen LogP contribution in [0.2, 0.25) is 0 Å². The Morgan fingerprint density at radius 1 is 1.37 bits per heavy atom. The fourth-order valence-corrected chi connectivity index (χ4v) is 4.88. The van der Waals surface area contributed by atoms with Gasteiger partial charge in [0.05, 0.1) is 5.92 Å². The smallest absolute Gasteiger partial charge is 0.433 e. The van der Waals surface area contributed by atoms with Crippen LogP contribution in [0.5, 0.6) is 0 Å². The summed E-state index contributed by atoms with van der Waals surface area (Å²) in [6, 6.07) is 1.82. The molecule has 0 aliphatic carbocycles. The first kappa shape index (κ1) is 23.5. The Bertz CT molecular complexity index is 813. The molecule has 2 atom stereocenters. The number of carbonyl (C=O) groups is 2. The molecule has 0 saturated carbocycles. The monoisotopic (exact) mass is 415 g/mol. The normalized spacial score (nSPS) is 15.6. The Morgan fingerprint density at radius 3 is 2.52 bits per heavy atom. The average Bonchev–Trinajstić information content (AvgIpc) is 2.98. The lowest BCUT2D eigenvalue weighted by atomic mass is 9.98. The molecule has 0 spiro atoms. The van der Waals surface area contributed by atoms with Gasteiger partial charge in [0.25, 0.3) is 5.91 Å². The number of thiophene rings is 1. The van der Waals surface area contributed by atoms with Crippen molar-refractivity contribution in [3.05, 3.63) is 17.0 Å². The quantitative estimate of drug-likeness (QED) is 0.701. The predicted molar refractivity (Wildman–Crippen MR) is 109 cm³/mol. The van der Waals surface area contributed by atoms with Crippen LogP contribution in [0.15, 0.2) is 25.0 Å². The second kappa shape index (κ2) is 9.57. The number of carbonyl (C=O) groups excluding carboxylic acids is 2. The summed E-state index contributed by atoms with van der Waals surface area (Å²) in [7, 11) is -3.34. The summed E-state index contributed by atoms with van der Waals surface area (Å²) >= 11 is 1.22. The molecule has 27 heavy (non-hydrogen) atoms. The highest BCUT2D eigenvalue weighted by atomic mass is 32.2. The molecule has 152 valence electrons. The molecular formula is C18H29N3O4S2. The summed E-state index contributed by atoms with van der Waals surface area (Å²) in [5, 5.41) is 7.66. The third kappa shape index (κ3) is 7.90. The number of hydrogen-bond donors (Lipinski definition) is 1. The summed E-state index contributed by atoms with van der Waals surface area (Å²) in [5.74, 6) is -1.31. The van der Waals surface area contributed by atoms with Crippen LogP contribution in [0, 0.1) is 11.8 Å². The molecule has 0 bridgehead atoms. The van der Waals surface area contributed by atoms with E-state index < -0.39 is 33.4 Å². The van der Waals surface area contributed by atoms with E-state index in [0.29, 0.717) is 17.1 Å². The highest BCUT2D eigenvalue weighted by Gasteiger charge is 2.23. The van der Waals surface area contributed by atoms with Crippen molar-refractivity contribution < 1.29 is 18.5 Å². The summed E-state index contributed by atoms with van der Waals surface area (Å²) < 4.78 is 22.1. The maximum Gasteiger partial charge on any atom is 0.433 e. The van der Waals surface area contributed by atoms with Gasteiger partial charge in [0.15, 0.2) is 9.92 Å². The molecule has 0 radical (unpaired) electrons. The van der Waals surface area contributed by atoms with Gasteiger partial charge in [-0.2, -0.15) is 4.99 Å². The molecule has 2 N–H and O–H groups in total. The van der Waals surface area contributed by atoms with Crippen molar-refractivity contribution in [2.24, 2.45) is 26.3 Å². The minimum Gasteiger partial charge on any atom is -0.442 e. The second-order valence-corrected chi connectivity index (χ2v) is 10.5. The van der Waals surface area contributed by atoms with Gasteiger partial charge in [-0.25, -0.2) is 14.1 Å². The number of rotatable bonds is 6. The molecular weight excluding hydrogens is 386 g/mol. The lowest BCUT2D eigenvalue weighted by Gasteiger charge is -2.17. The molecule has 0 fully saturated rings. The number of nitrogens with zero attached hydrogens (tertiary/aromatic N) is 2. The molecule has 2 unspecified atom stereocenters. The van der Waals surface area contributed by atoms with E-state index in [1.807, 2.05) is 26.8 Å². The van der Waals surface area contributed by atoms with Gasteiger partial charge in [0.1, 0.15) is 9.81 Å². The van der Waals surface area contributed by atoms with E-state index in [9.17, 15) is 13.8 Å². The van der Waals surface area contributed by atoms with E-state index in [4.69, 9.17) is 9.88 Å². The third-order valence-electron chi connectivity index (χ3n) is 3.37. The molecule has 0 saturated heterocycles. The van der Waals surface area contributed by atoms with Crippen molar-refractivity contribution in [2.45, 2.75) is 64.2 Å². The van der Waals surface area contributed by atoms with Crippen LogP contribution in [0.1, 0.15) is 53.5 Å². The number of ether oxygens (including phenoxy) is 1. The van der Waals surface area contributed by atoms with E-state index in [2.05, 4.69) is 9.36 Å². The number of nitrogens with two attached hydrogens (primary N) is 1. The van der Waals surface area contributed by atoms with Crippen molar-refractivity contribution in [2.75, 3.05) is 0 Å². The van der Waals surface area contributed by atoms with Crippen LogP contribution in [-0.2, 0) is 25.9 Å². The van der Waals surface area contributed by atoms with Crippen molar-refractivity contribution in [1.29, 1.82) is 0 Å². The topological polar surface area (TPSA) is 111 Å². The zero-order chi connectivity index (χ0) is 20.8. The predicted octanol–water partition coefficient (Wildman–Crippen LogP) is 4.21. The first-order chi connectivity index (χ1) is 12.4. The number of amides is 2. The molecule has 0 aliphatic heterocycles. The molecule has 1 aromatic heterocycles. The molecule has 1 rings (SSSR count). The lowest BCUT2D eigenvalue weighted by molar-refractivity contribution is -0.119. The summed E-state index contributed by atoms with van der Waals surface area (Å²) in [6.45, 7) is 10.9. The third-order valence-corrected chi connectivity index (χ3v) is 6.37. The van der Waals surface area contributed by atoms with Crippen LogP contribution >= 0.6 is 11.3 Å². The summed E-state index contributed by atoms with van der Waals surface area (Å²) in [4.78, 5) is 28.1. The van der Waals surface area contributed by atoms with E-state index in [-0.39, 0.29) is 5.92 Å². The van der Waals surface area contributed by atoms with E-state index in [1.54, 1.807) is 26.2 Å². The molecule has 7 nitrogen and oxygen atoms in total. The first-order valence-electron chi connectivity index (χ1n) is 8.78. The van der Waals surface area contributed by atoms with E-state index in [1.165, 1.54) is 17.6 Å². The largest absolute Gasteiger partial charge is 0.442 e. The van der Waals surface area contributed by atoms with Crippen LogP contribution in [0.25, 0.3) is 0 Å². The Kier molecular flexibility index (Phi) is 8.31.